The van der Waals surface area contributed by atoms with E-state index in [2.05, 4.69) is 36.3 Å². The highest BCUT2D eigenvalue weighted by Crippen LogP contribution is 2.29. The molecule has 0 spiro atoms. The molecule has 1 heterocycles. The van der Waals surface area contributed by atoms with E-state index in [9.17, 15) is 9.90 Å². The summed E-state index contributed by atoms with van der Waals surface area (Å²) in [6.45, 7) is 10.4. The fraction of sp³-hybridized carbons (Fsp3) is 0.846. The first-order valence-electron chi connectivity index (χ1n) is 6.72. The van der Waals surface area contributed by atoms with Gasteiger partial charge in [0.15, 0.2) is 5.82 Å². The summed E-state index contributed by atoms with van der Waals surface area (Å²) >= 11 is 0. The molecule has 6 heteroatoms. The van der Waals surface area contributed by atoms with E-state index in [1.54, 1.807) is 4.68 Å². The lowest BCUT2D eigenvalue weighted by Crippen LogP contribution is -2.35. The maximum absolute atomic E-state index is 11.5. The molecule has 0 radical (unpaired) electrons. The van der Waals surface area contributed by atoms with Crippen LogP contribution in [0.5, 0.6) is 0 Å². The minimum absolute atomic E-state index is 0.0662. The first-order valence-corrected chi connectivity index (χ1v) is 6.72. The summed E-state index contributed by atoms with van der Waals surface area (Å²) in [5.74, 6) is -0.0327. The summed E-state index contributed by atoms with van der Waals surface area (Å²) in [5, 5.41) is 21.1. The number of hydrogen-bond acceptors (Lipinski definition) is 4. The molecule has 6 nitrogen and oxygen atoms in total. The molecule has 0 aromatic carbocycles. The number of tetrazole rings is 1. The first kappa shape index (κ1) is 15.6. The van der Waals surface area contributed by atoms with Crippen molar-refractivity contribution in [1.82, 2.24) is 20.2 Å². The van der Waals surface area contributed by atoms with Crippen molar-refractivity contribution < 1.29 is 9.90 Å². The van der Waals surface area contributed by atoms with E-state index in [0.29, 0.717) is 19.4 Å². The Hall–Kier alpha value is -1.46. The van der Waals surface area contributed by atoms with Crippen LogP contribution in [0.1, 0.15) is 53.3 Å². The van der Waals surface area contributed by atoms with Gasteiger partial charge in [0.1, 0.15) is 0 Å². The van der Waals surface area contributed by atoms with Gasteiger partial charge in [-0.2, -0.15) is 0 Å². The summed E-state index contributed by atoms with van der Waals surface area (Å²) in [7, 11) is 0. The van der Waals surface area contributed by atoms with Crippen molar-refractivity contribution in [2.24, 2.45) is 10.8 Å². The molecule has 0 atom stereocenters. The van der Waals surface area contributed by atoms with E-state index < -0.39 is 11.4 Å². The van der Waals surface area contributed by atoms with Crippen molar-refractivity contribution in [2.45, 2.75) is 60.4 Å². The normalized spacial score (nSPS) is 12.7. The van der Waals surface area contributed by atoms with Crippen LogP contribution >= 0.6 is 0 Å². The molecule has 1 aromatic heterocycles. The van der Waals surface area contributed by atoms with Crippen LogP contribution in [0.4, 0.5) is 0 Å². The second-order valence-corrected chi connectivity index (χ2v) is 6.28. The Bertz CT molecular complexity index is 430. The van der Waals surface area contributed by atoms with Crippen molar-refractivity contribution in [1.29, 1.82) is 0 Å². The number of rotatable bonds is 6. The summed E-state index contributed by atoms with van der Waals surface area (Å²) in [6, 6.07) is 0. The van der Waals surface area contributed by atoms with Gasteiger partial charge in [-0.3, -0.25) is 4.79 Å². The minimum atomic E-state index is -0.790. The fourth-order valence-electron chi connectivity index (χ4n) is 2.08. The van der Waals surface area contributed by atoms with Crippen LogP contribution in [-0.2, 0) is 17.8 Å². The molecular formula is C13H24N4O2. The third-order valence-electron chi connectivity index (χ3n) is 3.55. The quantitative estimate of drug-likeness (QED) is 0.855. The number of nitrogens with zero attached hydrogens (tertiary/aromatic N) is 4. The predicted molar refractivity (Wildman–Crippen MR) is 71.6 cm³/mol. The van der Waals surface area contributed by atoms with Gasteiger partial charge >= 0.3 is 5.97 Å². The van der Waals surface area contributed by atoms with Crippen LogP contribution in [-0.4, -0.2) is 31.3 Å². The SMILES string of the molecule is CCC(CC)(Cn1nnnc1CC(C)(C)C)C(=O)O. The average Bonchev–Trinajstić information content (AvgIpc) is 2.70. The molecule has 1 aromatic rings. The molecule has 0 unspecified atom stereocenters. The Kier molecular flexibility index (Phi) is 4.66. The van der Waals surface area contributed by atoms with E-state index in [0.717, 1.165) is 12.2 Å². The lowest BCUT2D eigenvalue weighted by atomic mass is 9.82. The molecule has 0 aliphatic carbocycles. The molecule has 0 fully saturated rings. The Labute approximate surface area is 114 Å². The third-order valence-corrected chi connectivity index (χ3v) is 3.55. The van der Waals surface area contributed by atoms with Gasteiger partial charge in [-0.05, 0) is 28.7 Å². The van der Waals surface area contributed by atoms with E-state index in [4.69, 9.17) is 0 Å². The van der Waals surface area contributed by atoms with Crippen LogP contribution < -0.4 is 0 Å². The molecule has 1 rings (SSSR count). The smallest absolute Gasteiger partial charge is 0.311 e. The van der Waals surface area contributed by atoms with Crippen LogP contribution in [0, 0.1) is 10.8 Å². The van der Waals surface area contributed by atoms with E-state index in [1.165, 1.54) is 0 Å². The maximum atomic E-state index is 11.5. The number of carboxylic acid groups (broad SMARTS) is 1. The second-order valence-electron chi connectivity index (χ2n) is 6.28. The monoisotopic (exact) mass is 268 g/mol. The maximum Gasteiger partial charge on any atom is 0.311 e. The number of aromatic nitrogens is 4. The highest BCUT2D eigenvalue weighted by atomic mass is 16.4. The predicted octanol–water partition coefficient (Wildman–Crippen LogP) is 2.15. The van der Waals surface area contributed by atoms with Gasteiger partial charge in [0, 0.05) is 6.42 Å². The summed E-state index contributed by atoms with van der Waals surface area (Å²) < 4.78 is 1.65. The molecule has 1 N–H and O–H groups in total. The Morgan fingerprint density at radius 3 is 2.26 bits per heavy atom. The highest BCUT2D eigenvalue weighted by Gasteiger charge is 2.36. The topological polar surface area (TPSA) is 80.9 Å². The molecule has 108 valence electrons. The first-order chi connectivity index (χ1) is 8.74. The zero-order chi connectivity index (χ0) is 14.7. The molecule has 0 saturated heterocycles. The van der Waals surface area contributed by atoms with Crippen LogP contribution in [0.3, 0.4) is 0 Å². The molecule has 0 aliphatic rings. The average molecular weight is 268 g/mol. The second kappa shape index (κ2) is 5.67. The standard InChI is InChI=1S/C13H24N4O2/c1-6-13(7-2,11(18)19)9-17-10(14-15-16-17)8-12(3,4)5/h6-9H2,1-5H3,(H,18,19). The van der Waals surface area contributed by atoms with Gasteiger partial charge < -0.3 is 5.11 Å². The van der Waals surface area contributed by atoms with Crippen molar-refractivity contribution in [3.63, 3.8) is 0 Å². The van der Waals surface area contributed by atoms with Crippen LogP contribution in [0.25, 0.3) is 0 Å². The van der Waals surface area contributed by atoms with Crippen LogP contribution in [0.15, 0.2) is 0 Å². The van der Waals surface area contributed by atoms with Gasteiger partial charge in [-0.15, -0.1) is 5.10 Å². The summed E-state index contributed by atoms with van der Waals surface area (Å²) in [4.78, 5) is 11.5. The Morgan fingerprint density at radius 2 is 1.84 bits per heavy atom. The number of aliphatic carboxylic acids is 1. The molecule has 0 aliphatic heterocycles. The summed E-state index contributed by atoms with van der Waals surface area (Å²) in [6.07, 6.45) is 1.85. The van der Waals surface area contributed by atoms with Crippen molar-refractivity contribution in [2.75, 3.05) is 0 Å². The molecule has 19 heavy (non-hydrogen) atoms. The Balaban J connectivity index is 2.99. The highest BCUT2D eigenvalue weighted by molar-refractivity contribution is 5.74. The van der Waals surface area contributed by atoms with Crippen molar-refractivity contribution in [3.05, 3.63) is 5.82 Å². The molecule has 0 bridgehead atoms. The van der Waals surface area contributed by atoms with Crippen molar-refractivity contribution >= 4 is 5.97 Å². The molecule has 0 saturated carbocycles. The lowest BCUT2D eigenvalue weighted by molar-refractivity contribution is -0.150. The zero-order valence-electron chi connectivity index (χ0n) is 12.5. The minimum Gasteiger partial charge on any atom is -0.481 e. The zero-order valence-corrected chi connectivity index (χ0v) is 12.5. The van der Waals surface area contributed by atoms with Gasteiger partial charge in [-0.25, -0.2) is 4.68 Å². The van der Waals surface area contributed by atoms with E-state index in [1.807, 2.05) is 13.8 Å². The Morgan fingerprint density at radius 1 is 1.26 bits per heavy atom. The van der Waals surface area contributed by atoms with Crippen molar-refractivity contribution in [3.8, 4) is 0 Å². The summed E-state index contributed by atoms with van der Waals surface area (Å²) in [5.41, 5.74) is -0.723. The van der Waals surface area contributed by atoms with E-state index >= 15 is 0 Å². The molecule has 0 amide bonds. The fourth-order valence-corrected chi connectivity index (χ4v) is 2.08. The van der Waals surface area contributed by atoms with Gasteiger partial charge in [0.05, 0.1) is 12.0 Å². The number of carboxylic acids is 1. The molecular weight excluding hydrogens is 244 g/mol. The van der Waals surface area contributed by atoms with Crippen LogP contribution in [0.2, 0.25) is 0 Å². The number of hydrogen-bond donors (Lipinski definition) is 1. The van der Waals surface area contributed by atoms with Gasteiger partial charge in [0.2, 0.25) is 0 Å². The largest absolute Gasteiger partial charge is 0.481 e. The van der Waals surface area contributed by atoms with Gasteiger partial charge in [-0.1, -0.05) is 34.6 Å². The third kappa shape index (κ3) is 3.75. The van der Waals surface area contributed by atoms with Gasteiger partial charge in [0.25, 0.3) is 0 Å². The van der Waals surface area contributed by atoms with E-state index in [-0.39, 0.29) is 5.41 Å². The number of carbonyl (C=O) groups is 1. The lowest BCUT2D eigenvalue weighted by Gasteiger charge is -2.27.